The molecule has 140 valence electrons. The summed E-state index contributed by atoms with van der Waals surface area (Å²) in [4.78, 5) is 24.4. The van der Waals surface area contributed by atoms with E-state index in [0.29, 0.717) is 5.69 Å². The molecule has 0 aliphatic carbocycles. The number of anilines is 1. The lowest BCUT2D eigenvalue weighted by Crippen LogP contribution is -2.55. The van der Waals surface area contributed by atoms with Crippen molar-refractivity contribution in [2.24, 2.45) is 17.6 Å². The number of benzene rings is 1. The molecule has 0 radical (unpaired) electrons. The summed E-state index contributed by atoms with van der Waals surface area (Å²) in [6, 6.07) is 3.61. The zero-order chi connectivity index (χ0) is 19.4. The topological polar surface area (TPSA) is 144 Å². The standard InChI is InChI=1S/C16H26N4O4S/c1-9(2)13(18)15(21)19-14(10(3)4)16(22)20-25(23,24)12-7-5-11(17)6-8-12/h5-10,13-14H,17-18H2,1-4H3,(H,19,21)(H,20,22)/t13-,14+/m0/s1. The van der Waals surface area contributed by atoms with Gasteiger partial charge >= 0.3 is 0 Å². The number of amides is 2. The van der Waals surface area contributed by atoms with E-state index in [0.717, 1.165) is 0 Å². The van der Waals surface area contributed by atoms with Gasteiger partial charge in [0.05, 0.1) is 10.9 Å². The van der Waals surface area contributed by atoms with Gasteiger partial charge in [0, 0.05) is 5.69 Å². The lowest BCUT2D eigenvalue weighted by Gasteiger charge is -2.24. The highest BCUT2D eigenvalue weighted by molar-refractivity contribution is 7.90. The quantitative estimate of drug-likeness (QED) is 0.505. The first-order chi connectivity index (χ1) is 11.5. The van der Waals surface area contributed by atoms with Crippen molar-refractivity contribution in [3.63, 3.8) is 0 Å². The summed E-state index contributed by atoms with van der Waals surface area (Å²) in [7, 11) is -4.06. The van der Waals surface area contributed by atoms with Crippen molar-refractivity contribution in [1.82, 2.24) is 10.0 Å². The Morgan fingerprint density at radius 2 is 1.48 bits per heavy atom. The van der Waals surface area contributed by atoms with Gasteiger partial charge in [-0.05, 0) is 36.1 Å². The summed E-state index contributed by atoms with van der Waals surface area (Å²) in [5, 5.41) is 2.52. The second-order valence-electron chi connectivity index (χ2n) is 6.54. The van der Waals surface area contributed by atoms with E-state index in [2.05, 4.69) is 5.32 Å². The van der Waals surface area contributed by atoms with Crippen molar-refractivity contribution in [1.29, 1.82) is 0 Å². The van der Waals surface area contributed by atoms with Crippen LogP contribution in [-0.4, -0.2) is 32.3 Å². The number of carbonyl (C=O) groups excluding carboxylic acids is 2. The number of sulfonamides is 1. The van der Waals surface area contributed by atoms with E-state index in [1.165, 1.54) is 24.3 Å². The average molecular weight is 370 g/mol. The fourth-order valence-corrected chi connectivity index (χ4v) is 2.99. The fourth-order valence-electron chi connectivity index (χ4n) is 1.99. The number of nitrogens with one attached hydrogen (secondary N) is 2. The van der Waals surface area contributed by atoms with Crippen LogP contribution < -0.4 is 21.5 Å². The first-order valence-electron chi connectivity index (χ1n) is 7.94. The van der Waals surface area contributed by atoms with Gasteiger partial charge in [-0.25, -0.2) is 13.1 Å². The summed E-state index contributed by atoms with van der Waals surface area (Å²) in [5.41, 5.74) is 11.7. The summed E-state index contributed by atoms with van der Waals surface area (Å²) in [5.74, 6) is -1.77. The maximum Gasteiger partial charge on any atom is 0.264 e. The molecule has 8 nitrogen and oxygen atoms in total. The largest absolute Gasteiger partial charge is 0.399 e. The monoisotopic (exact) mass is 370 g/mol. The summed E-state index contributed by atoms with van der Waals surface area (Å²) in [6.45, 7) is 6.95. The molecule has 0 saturated carbocycles. The molecule has 0 aliphatic heterocycles. The molecular weight excluding hydrogens is 344 g/mol. The maximum absolute atomic E-state index is 12.4. The van der Waals surface area contributed by atoms with Gasteiger partial charge in [0.25, 0.3) is 15.9 Å². The predicted molar refractivity (Wildman–Crippen MR) is 95.8 cm³/mol. The predicted octanol–water partition coefficient (Wildman–Crippen LogP) is 0.198. The smallest absolute Gasteiger partial charge is 0.264 e. The Morgan fingerprint density at radius 3 is 1.92 bits per heavy atom. The molecule has 0 saturated heterocycles. The van der Waals surface area contributed by atoms with Crippen LogP contribution >= 0.6 is 0 Å². The van der Waals surface area contributed by atoms with Gasteiger partial charge in [-0.2, -0.15) is 0 Å². The summed E-state index contributed by atoms with van der Waals surface area (Å²) < 4.78 is 26.6. The number of hydrogen-bond donors (Lipinski definition) is 4. The van der Waals surface area contributed by atoms with Crippen molar-refractivity contribution in [2.75, 3.05) is 5.73 Å². The Kier molecular flexibility index (Phi) is 6.95. The van der Waals surface area contributed by atoms with Gasteiger partial charge < -0.3 is 16.8 Å². The van der Waals surface area contributed by atoms with E-state index in [1.54, 1.807) is 27.7 Å². The Hall–Kier alpha value is -2.13. The molecule has 0 aromatic heterocycles. The minimum Gasteiger partial charge on any atom is -0.399 e. The molecule has 0 heterocycles. The second kappa shape index (κ2) is 8.30. The molecule has 25 heavy (non-hydrogen) atoms. The third kappa shape index (κ3) is 5.71. The molecule has 1 rings (SSSR count). The number of hydrogen-bond acceptors (Lipinski definition) is 6. The van der Waals surface area contributed by atoms with Gasteiger partial charge in [-0.3, -0.25) is 9.59 Å². The van der Waals surface area contributed by atoms with E-state index in [1.807, 2.05) is 4.72 Å². The number of rotatable bonds is 7. The van der Waals surface area contributed by atoms with Crippen LogP contribution in [0.5, 0.6) is 0 Å². The molecule has 0 fully saturated rings. The highest BCUT2D eigenvalue weighted by Crippen LogP contribution is 2.12. The van der Waals surface area contributed by atoms with Crippen LogP contribution in [0.15, 0.2) is 29.2 Å². The third-order valence-electron chi connectivity index (χ3n) is 3.69. The molecule has 0 spiro atoms. The second-order valence-corrected chi connectivity index (χ2v) is 8.22. The van der Waals surface area contributed by atoms with Crippen LogP contribution in [0.4, 0.5) is 5.69 Å². The fraction of sp³-hybridized carbons (Fsp3) is 0.500. The molecule has 0 bridgehead atoms. The molecule has 0 unspecified atom stereocenters. The van der Waals surface area contributed by atoms with E-state index in [4.69, 9.17) is 11.5 Å². The van der Waals surface area contributed by atoms with E-state index in [-0.39, 0.29) is 16.7 Å². The molecular formula is C16H26N4O4S. The lowest BCUT2D eigenvalue weighted by molar-refractivity contribution is -0.130. The lowest BCUT2D eigenvalue weighted by atomic mass is 10.0. The molecule has 2 amide bonds. The SMILES string of the molecule is CC(C)[C@H](N)C(=O)N[C@@H](C(=O)NS(=O)(=O)c1ccc(N)cc1)C(C)C. The highest BCUT2D eigenvalue weighted by Gasteiger charge is 2.30. The molecule has 9 heteroatoms. The molecule has 6 N–H and O–H groups in total. The molecule has 1 aromatic rings. The van der Waals surface area contributed by atoms with E-state index >= 15 is 0 Å². The summed E-state index contributed by atoms with van der Waals surface area (Å²) >= 11 is 0. The van der Waals surface area contributed by atoms with Gasteiger partial charge in [-0.1, -0.05) is 27.7 Å². The zero-order valence-electron chi connectivity index (χ0n) is 14.8. The Labute approximate surface area is 148 Å². The highest BCUT2D eigenvalue weighted by atomic mass is 32.2. The molecule has 1 aromatic carbocycles. The van der Waals surface area contributed by atoms with Gasteiger partial charge in [0.2, 0.25) is 5.91 Å². The number of nitrogens with two attached hydrogens (primary N) is 2. The van der Waals surface area contributed by atoms with Crippen molar-refractivity contribution in [2.45, 2.75) is 44.7 Å². The Balaban J connectivity index is 2.93. The Morgan fingerprint density at radius 1 is 0.960 bits per heavy atom. The number of carbonyl (C=O) groups is 2. The molecule has 2 atom stereocenters. The normalized spacial score (nSPS) is 14.2. The average Bonchev–Trinajstić information content (AvgIpc) is 2.50. The first-order valence-corrected chi connectivity index (χ1v) is 9.42. The van der Waals surface area contributed by atoms with Gasteiger partial charge in [-0.15, -0.1) is 0 Å². The van der Waals surface area contributed by atoms with E-state index in [9.17, 15) is 18.0 Å². The maximum atomic E-state index is 12.4. The van der Waals surface area contributed by atoms with Crippen molar-refractivity contribution in [3.8, 4) is 0 Å². The van der Waals surface area contributed by atoms with Gasteiger partial charge in [0.1, 0.15) is 6.04 Å². The van der Waals surface area contributed by atoms with Crippen molar-refractivity contribution in [3.05, 3.63) is 24.3 Å². The van der Waals surface area contributed by atoms with Gasteiger partial charge in [0.15, 0.2) is 0 Å². The van der Waals surface area contributed by atoms with Crippen LogP contribution in [0.25, 0.3) is 0 Å². The van der Waals surface area contributed by atoms with Crippen molar-refractivity contribution < 1.29 is 18.0 Å². The first kappa shape index (κ1) is 20.9. The third-order valence-corrected chi connectivity index (χ3v) is 5.06. The van der Waals surface area contributed by atoms with Crippen LogP contribution in [0, 0.1) is 11.8 Å². The van der Waals surface area contributed by atoms with Crippen LogP contribution in [0.2, 0.25) is 0 Å². The van der Waals surface area contributed by atoms with Crippen LogP contribution in [0.1, 0.15) is 27.7 Å². The summed E-state index contributed by atoms with van der Waals surface area (Å²) in [6.07, 6.45) is 0. The van der Waals surface area contributed by atoms with Crippen molar-refractivity contribution >= 4 is 27.5 Å². The zero-order valence-corrected chi connectivity index (χ0v) is 15.6. The number of nitrogen functional groups attached to an aromatic ring is 1. The van der Waals surface area contributed by atoms with E-state index < -0.39 is 33.9 Å². The molecule has 0 aliphatic rings. The van der Waals surface area contributed by atoms with Crippen LogP contribution in [0.3, 0.4) is 0 Å². The minimum atomic E-state index is -4.06. The Bertz CT molecular complexity index is 714. The minimum absolute atomic E-state index is 0.0947. The van der Waals surface area contributed by atoms with Crippen LogP contribution in [-0.2, 0) is 19.6 Å².